The monoisotopic (exact) mass is 289 g/mol. The van der Waals surface area contributed by atoms with E-state index in [0.717, 1.165) is 18.2 Å². The van der Waals surface area contributed by atoms with Crippen molar-refractivity contribution in [3.8, 4) is 0 Å². The average molecular weight is 289 g/mol. The summed E-state index contributed by atoms with van der Waals surface area (Å²) in [6.07, 6.45) is 7.26. The lowest BCUT2D eigenvalue weighted by Crippen LogP contribution is -2.56. The molecule has 1 aliphatic carbocycles. The molecule has 1 aromatic heterocycles. The van der Waals surface area contributed by atoms with Crippen LogP contribution in [-0.4, -0.2) is 36.1 Å². The number of aryl methyl sites for hydroxylation is 1. The van der Waals surface area contributed by atoms with Crippen LogP contribution in [0.1, 0.15) is 56.8 Å². The highest BCUT2D eigenvalue weighted by atomic mass is 15.2. The number of nitrogens with zero attached hydrogens (tertiary/aromatic N) is 2. The van der Waals surface area contributed by atoms with Crippen LogP contribution in [0.15, 0.2) is 18.3 Å². The molecule has 1 fully saturated rings. The third-order valence-electron chi connectivity index (χ3n) is 5.11. The van der Waals surface area contributed by atoms with Crippen LogP contribution in [0.4, 0.5) is 0 Å². The molecule has 0 saturated heterocycles. The van der Waals surface area contributed by atoms with Crippen molar-refractivity contribution in [2.45, 2.75) is 58.0 Å². The van der Waals surface area contributed by atoms with E-state index in [0.29, 0.717) is 6.04 Å². The normalized spacial score (nSPS) is 27.8. The maximum Gasteiger partial charge on any atom is 0.0522 e. The first-order valence-electron chi connectivity index (χ1n) is 8.33. The lowest BCUT2D eigenvalue weighted by molar-refractivity contribution is 0.0371. The summed E-state index contributed by atoms with van der Waals surface area (Å²) in [5.74, 6) is 0.792. The molecule has 3 unspecified atom stereocenters. The fraction of sp³-hybridized carbons (Fsp3) is 0.722. The van der Waals surface area contributed by atoms with Crippen molar-refractivity contribution in [3.63, 3.8) is 0 Å². The van der Waals surface area contributed by atoms with Gasteiger partial charge < -0.3 is 10.2 Å². The maximum absolute atomic E-state index is 4.53. The second-order valence-electron chi connectivity index (χ2n) is 6.92. The largest absolute Gasteiger partial charge is 0.309 e. The highest BCUT2D eigenvalue weighted by Gasteiger charge is 2.44. The van der Waals surface area contributed by atoms with Crippen molar-refractivity contribution in [1.29, 1.82) is 0 Å². The second kappa shape index (κ2) is 6.89. The zero-order valence-corrected chi connectivity index (χ0v) is 14.3. The van der Waals surface area contributed by atoms with Gasteiger partial charge in [-0.1, -0.05) is 32.8 Å². The van der Waals surface area contributed by atoms with E-state index < -0.39 is 0 Å². The molecule has 3 heteroatoms. The van der Waals surface area contributed by atoms with Crippen LogP contribution >= 0.6 is 0 Å². The van der Waals surface area contributed by atoms with Gasteiger partial charge in [0.2, 0.25) is 0 Å². The van der Waals surface area contributed by atoms with Crippen LogP contribution in [-0.2, 0) is 0 Å². The number of hydrogen-bond donors (Lipinski definition) is 1. The van der Waals surface area contributed by atoms with Crippen LogP contribution < -0.4 is 5.32 Å². The number of likely N-dealkylation sites (N-methyl/N-ethyl adjacent to an activating group) is 2. The Morgan fingerprint density at radius 2 is 2.19 bits per heavy atom. The first kappa shape index (κ1) is 16.4. The van der Waals surface area contributed by atoms with Crippen molar-refractivity contribution in [2.24, 2.45) is 5.92 Å². The molecule has 21 heavy (non-hydrogen) atoms. The molecule has 0 aromatic carbocycles. The predicted octanol–water partition coefficient (Wildman–Crippen LogP) is 3.55. The van der Waals surface area contributed by atoms with E-state index in [1.165, 1.54) is 31.2 Å². The standard InChI is InChI=1S/C18H31N3/c1-6-19-17(16-10-9-15(3)20-13-16)18(21(4)5)11-7-8-14(2)12-18/h9-10,13-14,17,19H,6-8,11-12H2,1-5H3. The Kier molecular flexibility index (Phi) is 5.39. The van der Waals surface area contributed by atoms with Crippen molar-refractivity contribution in [2.75, 3.05) is 20.6 Å². The molecular formula is C18H31N3. The van der Waals surface area contributed by atoms with Gasteiger partial charge in [-0.05, 0) is 58.0 Å². The van der Waals surface area contributed by atoms with E-state index in [1.54, 1.807) is 0 Å². The molecule has 1 aliphatic rings. The Bertz CT molecular complexity index is 440. The summed E-state index contributed by atoms with van der Waals surface area (Å²) in [5.41, 5.74) is 2.61. The highest BCUT2D eigenvalue weighted by molar-refractivity contribution is 5.23. The van der Waals surface area contributed by atoms with Gasteiger partial charge in [0.15, 0.2) is 0 Å². The number of nitrogens with one attached hydrogen (secondary N) is 1. The summed E-state index contributed by atoms with van der Waals surface area (Å²) in [6, 6.07) is 4.74. The lowest BCUT2D eigenvalue weighted by Gasteiger charge is -2.50. The minimum absolute atomic E-state index is 0.199. The summed E-state index contributed by atoms with van der Waals surface area (Å²) >= 11 is 0. The first-order chi connectivity index (χ1) is 9.99. The molecule has 0 bridgehead atoms. The van der Waals surface area contributed by atoms with Crippen LogP contribution in [0.3, 0.4) is 0 Å². The van der Waals surface area contributed by atoms with Gasteiger partial charge >= 0.3 is 0 Å². The van der Waals surface area contributed by atoms with E-state index in [4.69, 9.17) is 0 Å². The van der Waals surface area contributed by atoms with Gasteiger partial charge in [-0.25, -0.2) is 0 Å². The minimum Gasteiger partial charge on any atom is -0.309 e. The first-order valence-corrected chi connectivity index (χ1v) is 8.33. The number of rotatable bonds is 5. The SMILES string of the molecule is CCNC(c1ccc(C)nc1)C1(N(C)C)CCCC(C)C1. The van der Waals surface area contributed by atoms with E-state index in [-0.39, 0.29) is 5.54 Å². The zero-order valence-electron chi connectivity index (χ0n) is 14.3. The minimum atomic E-state index is 0.199. The van der Waals surface area contributed by atoms with Crippen LogP contribution in [0.2, 0.25) is 0 Å². The fourth-order valence-electron chi connectivity index (χ4n) is 3.96. The van der Waals surface area contributed by atoms with Gasteiger partial charge in [-0.3, -0.25) is 4.98 Å². The van der Waals surface area contributed by atoms with E-state index in [9.17, 15) is 0 Å². The second-order valence-corrected chi connectivity index (χ2v) is 6.92. The highest BCUT2D eigenvalue weighted by Crippen LogP contribution is 2.43. The molecular weight excluding hydrogens is 258 g/mol. The molecule has 0 aliphatic heterocycles. The number of hydrogen-bond acceptors (Lipinski definition) is 3. The predicted molar refractivity (Wildman–Crippen MR) is 89.4 cm³/mol. The third kappa shape index (κ3) is 3.46. The van der Waals surface area contributed by atoms with Crippen LogP contribution in [0, 0.1) is 12.8 Å². The molecule has 0 spiro atoms. The Morgan fingerprint density at radius 1 is 1.43 bits per heavy atom. The molecule has 2 rings (SSSR count). The lowest BCUT2D eigenvalue weighted by atomic mass is 9.69. The van der Waals surface area contributed by atoms with Crippen molar-refractivity contribution < 1.29 is 0 Å². The Balaban J connectivity index is 2.39. The molecule has 1 heterocycles. The topological polar surface area (TPSA) is 28.2 Å². The summed E-state index contributed by atoms with van der Waals surface area (Å²) in [4.78, 5) is 6.98. The van der Waals surface area contributed by atoms with Gasteiger partial charge in [0.05, 0.1) is 6.04 Å². The van der Waals surface area contributed by atoms with Gasteiger partial charge in [0.1, 0.15) is 0 Å². The van der Waals surface area contributed by atoms with Gasteiger partial charge in [0, 0.05) is 17.4 Å². The van der Waals surface area contributed by atoms with Crippen LogP contribution in [0.5, 0.6) is 0 Å². The van der Waals surface area contributed by atoms with Crippen molar-refractivity contribution >= 4 is 0 Å². The number of pyridine rings is 1. The van der Waals surface area contributed by atoms with E-state index in [1.807, 2.05) is 0 Å². The van der Waals surface area contributed by atoms with Crippen LogP contribution in [0.25, 0.3) is 0 Å². The molecule has 1 saturated carbocycles. The Morgan fingerprint density at radius 3 is 2.71 bits per heavy atom. The molecule has 0 radical (unpaired) electrons. The number of aromatic nitrogens is 1. The average Bonchev–Trinajstić information content (AvgIpc) is 2.45. The van der Waals surface area contributed by atoms with Crippen molar-refractivity contribution in [3.05, 3.63) is 29.6 Å². The molecule has 118 valence electrons. The third-order valence-corrected chi connectivity index (χ3v) is 5.11. The zero-order chi connectivity index (χ0) is 15.5. The molecule has 1 aromatic rings. The Labute approximate surface area is 130 Å². The van der Waals surface area contributed by atoms with Gasteiger partial charge in [0.25, 0.3) is 0 Å². The molecule has 3 atom stereocenters. The summed E-state index contributed by atoms with van der Waals surface area (Å²) < 4.78 is 0. The molecule has 0 amide bonds. The van der Waals surface area contributed by atoms with Gasteiger partial charge in [-0.2, -0.15) is 0 Å². The van der Waals surface area contributed by atoms with Crippen molar-refractivity contribution in [1.82, 2.24) is 15.2 Å². The smallest absolute Gasteiger partial charge is 0.0522 e. The van der Waals surface area contributed by atoms with Gasteiger partial charge in [-0.15, -0.1) is 0 Å². The molecule has 1 N–H and O–H groups in total. The summed E-state index contributed by atoms with van der Waals surface area (Å²) in [7, 11) is 4.48. The molecule has 3 nitrogen and oxygen atoms in total. The summed E-state index contributed by atoms with van der Waals surface area (Å²) in [6.45, 7) is 7.64. The summed E-state index contributed by atoms with van der Waals surface area (Å²) in [5, 5.41) is 3.75. The maximum atomic E-state index is 4.53. The fourth-order valence-corrected chi connectivity index (χ4v) is 3.96. The van der Waals surface area contributed by atoms with E-state index >= 15 is 0 Å². The van der Waals surface area contributed by atoms with E-state index in [2.05, 4.69) is 68.4 Å². The Hall–Kier alpha value is -0.930. The quantitative estimate of drug-likeness (QED) is 0.898.